The standard InChI is InChI=1S/C21H17F3N4O2/c1-10-3-5-12(6-4-10)19-11(2)20-26-17(29)9-16(28(20)27-19)21(30)25-13-7-14(22)18(24)15(23)8-13/h3-8,16H,9H2,1-2H3,(H,25,30)(H,26,29). The van der Waals surface area contributed by atoms with Crippen LogP contribution in [-0.2, 0) is 9.59 Å². The molecule has 0 fully saturated rings. The molecule has 0 spiro atoms. The van der Waals surface area contributed by atoms with Gasteiger partial charge in [-0.15, -0.1) is 0 Å². The van der Waals surface area contributed by atoms with Crippen molar-refractivity contribution in [1.82, 2.24) is 9.78 Å². The quantitative estimate of drug-likeness (QED) is 0.634. The van der Waals surface area contributed by atoms with Crippen molar-refractivity contribution in [3.8, 4) is 11.3 Å². The molecule has 1 atom stereocenters. The van der Waals surface area contributed by atoms with Crippen molar-refractivity contribution in [2.45, 2.75) is 26.3 Å². The summed E-state index contributed by atoms with van der Waals surface area (Å²) < 4.78 is 41.5. The molecule has 2 heterocycles. The van der Waals surface area contributed by atoms with Crippen molar-refractivity contribution >= 4 is 23.3 Å². The molecule has 1 aliphatic heterocycles. The highest BCUT2D eigenvalue weighted by Gasteiger charge is 2.34. The first-order chi connectivity index (χ1) is 14.2. The first kappa shape index (κ1) is 19.7. The second-order valence-electron chi connectivity index (χ2n) is 7.14. The Hall–Kier alpha value is -3.62. The number of carbonyl (C=O) groups is 2. The molecule has 0 radical (unpaired) electrons. The van der Waals surface area contributed by atoms with Crippen LogP contribution in [0.1, 0.15) is 23.6 Å². The van der Waals surface area contributed by atoms with E-state index in [4.69, 9.17) is 0 Å². The summed E-state index contributed by atoms with van der Waals surface area (Å²) in [5.41, 5.74) is 2.92. The topological polar surface area (TPSA) is 76.0 Å². The average Bonchev–Trinajstić information content (AvgIpc) is 3.02. The summed E-state index contributed by atoms with van der Waals surface area (Å²) in [6.07, 6.45) is -0.209. The first-order valence-corrected chi connectivity index (χ1v) is 9.16. The predicted molar refractivity (Wildman–Crippen MR) is 104 cm³/mol. The number of aryl methyl sites for hydroxylation is 1. The average molecular weight is 414 g/mol. The van der Waals surface area contributed by atoms with Gasteiger partial charge in [0.15, 0.2) is 17.5 Å². The highest BCUT2D eigenvalue weighted by molar-refractivity contribution is 6.02. The molecule has 9 heteroatoms. The van der Waals surface area contributed by atoms with Gasteiger partial charge in [-0.25, -0.2) is 17.9 Å². The van der Waals surface area contributed by atoms with E-state index in [1.54, 1.807) is 6.92 Å². The molecular formula is C21H17F3N4O2. The Balaban J connectivity index is 1.69. The maximum atomic E-state index is 13.5. The number of fused-ring (bicyclic) bond motifs is 1. The zero-order valence-corrected chi connectivity index (χ0v) is 16.1. The van der Waals surface area contributed by atoms with E-state index in [-0.39, 0.29) is 12.1 Å². The van der Waals surface area contributed by atoms with Crippen LogP contribution in [0, 0.1) is 31.3 Å². The summed E-state index contributed by atoms with van der Waals surface area (Å²) in [5.74, 6) is -5.20. The van der Waals surface area contributed by atoms with Crippen molar-refractivity contribution in [3.05, 3.63) is 65.0 Å². The Morgan fingerprint density at radius 1 is 1.13 bits per heavy atom. The Bertz CT molecular complexity index is 1150. The van der Waals surface area contributed by atoms with Gasteiger partial charge in [-0.1, -0.05) is 29.8 Å². The minimum Gasteiger partial charge on any atom is -0.324 e. The van der Waals surface area contributed by atoms with Crippen LogP contribution in [0.5, 0.6) is 0 Å². The minimum atomic E-state index is -1.63. The fourth-order valence-corrected chi connectivity index (χ4v) is 3.38. The molecule has 2 amide bonds. The van der Waals surface area contributed by atoms with Crippen molar-refractivity contribution < 1.29 is 22.8 Å². The van der Waals surface area contributed by atoms with Gasteiger partial charge in [-0.05, 0) is 13.8 Å². The summed E-state index contributed by atoms with van der Waals surface area (Å²) >= 11 is 0. The Labute approximate surface area is 169 Å². The SMILES string of the molecule is Cc1ccc(-c2nn3c(c2C)NC(=O)CC3C(=O)Nc2cc(F)c(F)c(F)c2)cc1. The fourth-order valence-electron chi connectivity index (χ4n) is 3.38. The molecular weight excluding hydrogens is 397 g/mol. The smallest absolute Gasteiger partial charge is 0.249 e. The van der Waals surface area contributed by atoms with Crippen LogP contribution in [-0.4, -0.2) is 21.6 Å². The largest absolute Gasteiger partial charge is 0.324 e. The van der Waals surface area contributed by atoms with Crippen LogP contribution >= 0.6 is 0 Å². The molecule has 0 saturated carbocycles. The van der Waals surface area contributed by atoms with Crippen molar-refractivity contribution in [2.75, 3.05) is 10.6 Å². The summed E-state index contributed by atoms with van der Waals surface area (Å²) in [6.45, 7) is 3.73. The van der Waals surface area contributed by atoms with E-state index >= 15 is 0 Å². The van der Waals surface area contributed by atoms with Gasteiger partial charge in [0, 0.05) is 28.9 Å². The number of halogens is 3. The number of amides is 2. The first-order valence-electron chi connectivity index (χ1n) is 9.16. The maximum absolute atomic E-state index is 13.5. The molecule has 2 aromatic carbocycles. The summed E-state index contributed by atoms with van der Waals surface area (Å²) in [4.78, 5) is 25.0. The Kier molecular flexibility index (Phi) is 4.81. The second-order valence-corrected chi connectivity index (χ2v) is 7.14. The zero-order valence-electron chi connectivity index (χ0n) is 16.1. The highest BCUT2D eigenvalue weighted by atomic mass is 19.2. The lowest BCUT2D eigenvalue weighted by atomic mass is 10.1. The number of nitrogens with one attached hydrogen (secondary N) is 2. The van der Waals surface area contributed by atoms with E-state index in [1.807, 2.05) is 31.2 Å². The third-order valence-corrected chi connectivity index (χ3v) is 4.96. The van der Waals surface area contributed by atoms with E-state index < -0.39 is 35.3 Å². The molecule has 0 saturated heterocycles. The molecule has 1 aliphatic rings. The zero-order chi connectivity index (χ0) is 21.6. The van der Waals surface area contributed by atoms with Gasteiger partial charge in [0.25, 0.3) is 0 Å². The molecule has 1 aromatic heterocycles. The van der Waals surface area contributed by atoms with Crippen molar-refractivity contribution in [2.24, 2.45) is 0 Å². The van der Waals surface area contributed by atoms with Gasteiger partial charge in [0.05, 0.1) is 12.1 Å². The number of hydrogen-bond acceptors (Lipinski definition) is 3. The minimum absolute atomic E-state index is 0.209. The third kappa shape index (κ3) is 3.42. The summed E-state index contributed by atoms with van der Waals surface area (Å²) in [7, 11) is 0. The van der Waals surface area contributed by atoms with Gasteiger partial charge in [-0.3, -0.25) is 9.59 Å². The lowest BCUT2D eigenvalue weighted by Gasteiger charge is -2.24. The van der Waals surface area contributed by atoms with E-state index in [1.165, 1.54) is 4.68 Å². The van der Waals surface area contributed by atoms with Gasteiger partial charge in [0.2, 0.25) is 11.8 Å². The van der Waals surface area contributed by atoms with E-state index in [0.29, 0.717) is 29.2 Å². The molecule has 0 aliphatic carbocycles. The van der Waals surface area contributed by atoms with Crippen LogP contribution < -0.4 is 10.6 Å². The number of hydrogen-bond donors (Lipinski definition) is 2. The van der Waals surface area contributed by atoms with E-state index in [2.05, 4.69) is 15.7 Å². The Morgan fingerprint density at radius 3 is 2.40 bits per heavy atom. The van der Waals surface area contributed by atoms with Crippen LogP contribution in [0.25, 0.3) is 11.3 Å². The molecule has 3 aromatic rings. The molecule has 30 heavy (non-hydrogen) atoms. The molecule has 0 bridgehead atoms. The summed E-state index contributed by atoms with van der Waals surface area (Å²) in [5, 5.41) is 9.56. The molecule has 6 nitrogen and oxygen atoms in total. The van der Waals surface area contributed by atoms with Crippen molar-refractivity contribution in [3.63, 3.8) is 0 Å². The number of anilines is 2. The summed E-state index contributed by atoms with van der Waals surface area (Å²) in [6, 6.07) is 7.93. The maximum Gasteiger partial charge on any atom is 0.249 e. The van der Waals surface area contributed by atoms with Crippen LogP contribution in [0.15, 0.2) is 36.4 Å². The van der Waals surface area contributed by atoms with Crippen molar-refractivity contribution in [1.29, 1.82) is 0 Å². The Morgan fingerprint density at radius 2 is 1.77 bits per heavy atom. The normalized spacial score (nSPS) is 15.5. The van der Waals surface area contributed by atoms with Gasteiger partial charge < -0.3 is 10.6 Å². The molecule has 2 N–H and O–H groups in total. The van der Waals surface area contributed by atoms with E-state index in [9.17, 15) is 22.8 Å². The van der Waals surface area contributed by atoms with Crippen LogP contribution in [0.4, 0.5) is 24.7 Å². The van der Waals surface area contributed by atoms with Crippen LogP contribution in [0.3, 0.4) is 0 Å². The number of aromatic nitrogens is 2. The van der Waals surface area contributed by atoms with Gasteiger partial charge >= 0.3 is 0 Å². The number of carbonyl (C=O) groups excluding carboxylic acids is 2. The third-order valence-electron chi connectivity index (χ3n) is 4.96. The monoisotopic (exact) mass is 414 g/mol. The van der Waals surface area contributed by atoms with Crippen LogP contribution in [0.2, 0.25) is 0 Å². The lowest BCUT2D eigenvalue weighted by Crippen LogP contribution is -2.36. The molecule has 1 unspecified atom stereocenters. The van der Waals surface area contributed by atoms with Gasteiger partial charge in [-0.2, -0.15) is 5.10 Å². The predicted octanol–water partition coefficient (Wildman–Crippen LogP) is 4.11. The number of benzene rings is 2. The molecule has 154 valence electrons. The van der Waals surface area contributed by atoms with Gasteiger partial charge in [0.1, 0.15) is 11.9 Å². The number of nitrogens with zero attached hydrogens (tertiary/aromatic N) is 2. The fraction of sp³-hybridized carbons (Fsp3) is 0.190. The molecule has 4 rings (SSSR count). The highest BCUT2D eigenvalue weighted by Crippen LogP contribution is 2.34. The van der Waals surface area contributed by atoms with E-state index in [0.717, 1.165) is 11.1 Å². The number of rotatable bonds is 3. The lowest BCUT2D eigenvalue weighted by molar-refractivity contribution is -0.125. The second kappa shape index (κ2) is 7.33.